The molecule has 0 aromatic heterocycles. The molecule has 2 aromatic rings. The minimum absolute atomic E-state index is 0.0902. The van der Waals surface area contributed by atoms with E-state index in [0.29, 0.717) is 19.6 Å². The zero-order chi connectivity index (χ0) is 18.0. The number of nitro groups is 1. The van der Waals surface area contributed by atoms with Crippen LogP contribution in [0.1, 0.15) is 21.8 Å². The molecule has 0 spiro atoms. The lowest BCUT2D eigenvalue weighted by Gasteiger charge is -2.17. The number of likely N-dealkylation sites (tertiary alicyclic amines) is 1. The molecule has 0 bridgehead atoms. The third-order valence-electron chi connectivity index (χ3n) is 4.65. The van der Waals surface area contributed by atoms with Crippen molar-refractivity contribution in [2.24, 2.45) is 11.7 Å². The van der Waals surface area contributed by atoms with Crippen molar-refractivity contribution < 1.29 is 14.1 Å². The van der Waals surface area contributed by atoms with Gasteiger partial charge in [0.2, 0.25) is 0 Å². The van der Waals surface area contributed by atoms with Crippen LogP contribution in [0.3, 0.4) is 0 Å². The number of amides is 1. The quantitative estimate of drug-likeness (QED) is 0.682. The molecule has 2 atom stereocenters. The summed E-state index contributed by atoms with van der Waals surface area (Å²) in [4.78, 5) is 24.2. The average molecular weight is 343 g/mol. The molecule has 1 fully saturated rings. The van der Waals surface area contributed by atoms with Crippen LogP contribution < -0.4 is 5.73 Å². The Bertz CT molecular complexity index is 797. The molecule has 2 N–H and O–H groups in total. The summed E-state index contributed by atoms with van der Waals surface area (Å²) in [6, 6.07) is 12.9. The Morgan fingerprint density at radius 3 is 2.56 bits per heavy atom. The summed E-state index contributed by atoms with van der Waals surface area (Å²) in [6.07, 6.45) is 0. The van der Waals surface area contributed by atoms with Crippen molar-refractivity contribution in [1.82, 2.24) is 4.90 Å². The van der Waals surface area contributed by atoms with Crippen molar-refractivity contribution in [3.05, 3.63) is 75.6 Å². The molecule has 2 aromatic carbocycles. The van der Waals surface area contributed by atoms with Gasteiger partial charge < -0.3 is 10.6 Å². The summed E-state index contributed by atoms with van der Waals surface area (Å²) in [6.45, 7) is 1.30. The van der Waals surface area contributed by atoms with Gasteiger partial charge in [0.25, 0.3) is 11.6 Å². The third kappa shape index (κ3) is 3.36. The van der Waals surface area contributed by atoms with Gasteiger partial charge in [0, 0.05) is 25.1 Å². The summed E-state index contributed by atoms with van der Waals surface area (Å²) >= 11 is 0. The summed E-state index contributed by atoms with van der Waals surface area (Å²) in [5, 5.41) is 10.7. The van der Waals surface area contributed by atoms with E-state index in [1.54, 1.807) is 4.90 Å². The lowest BCUT2D eigenvalue weighted by molar-refractivity contribution is -0.385. The van der Waals surface area contributed by atoms with E-state index < -0.39 is 16.6 Å². The van der Waals surface area contributed by atoms with Gasteiger partial charge in [0.15, 0.2) is 0 Å². The summed E-state index contributed by atoms with van der Waals surface area (Å²) in [7, 11) is 0. The maximum Gasteiger partial charge on any atom is 0.272 e. The second-order valence-electron chi connectivity index (χ2n) is 6.14. The highest BCUT2D eigenvalue weighted by atomic mass is 19.1. The second-order valence-corrected chi connectivity index (χ2v) is 6.14. The fourth-order valence-electron chi connectivity index (χ4n) is 3.32. The Hall–Kier alpha value is -2.80. The molecule has 1 aliphatic heterocycles. The van der Waals surface area contributed by atoms with E-state index in [2.05, 4.69) is 0 Å². The number of nitro benzene ring substituents is 1. The summed E-state index contributed by atoms with van der Waals surface area (Å²) in [5.41, 5.74) is 6.42. The molecule has 6 nitrogen and oxygen atoms in total. The van der Waals surface area contributed by atoms with Crippen LogP contribution in [0.4, 0.5) is 10.1 Å². The topological polar surface area (TPSA) is 89.5 Å². The van der Waals surface area contributed by atoms with E-state index in [0.717, 1.165) is 17.7 Å². The van der Waals surface area contributed by atoms with Gasteiger partial charge in [-0.25, -0.2) is 4.39 Å². The number of non-ortho nitro benzene ring substituents is 1. The molecule has 1 heterocycles. The lowest BCUT2D eigenvalue weighted by Crippen LogP contribution is -2.30. The molecule has 0 radical (unpaired) electrons. The van der Waals surface area contributed by atoms with E-state index in [1.807, 2.05) is 30.3 Å². The van der Waals surface area contributed by atoms with Gasteiger partial charge in [-0.05, 0) is 24.1 Å². The first kappa shape index (κ1) is 17.0. The molecule has 25 heavy (non-hydrogen) atoms. The molecular weight excluding hydrogens is 325 g/mol. The monoisotopic (exact) mass is 343 g/mol. The van der Waals surface area contributed by atoms with Crippen LogP contribution in [0, 0.1) is 21.8 Å². The van der Waals surface area contributed by atoms with Crippen LogP contribution in [0.15, 0.2) is 48.5 Å². The zero-order valence-corrected chi connectivity index (χ0v) is 13.5. The highest BCUT2D eigenvalue weighted by Crippen LogP contribution is 2.33. The van der Waals surface area contributed by atoms with E-state index >= 15 is 0 Å². The molecule has 1 amide bonds. The van der Waals surface area contributed by atoms with Crippen molar-refractivity contribution >= 4 is 11.6 Å². The van der Waals surface area contributed by atoms with Crippen LogP contribution in [-0.2, 0) is 0 Å². The van der Waals surface area contributed by atoms with Crippen molar-refractivity contribution in [3.8, 4) is 0 Å². The first-order valence-corrected chi connectivity index (χ1v) is 7.99. The molecule has 1 aliphatic rings. The number of carbonyl (C=O) groups is 1. The number of benzene rings is 2. The van der Waals surface area contributed by atoms with Gasteiger partial charge in [-0.15, -0.1) is 0 Å². The highest BCUT2D eigenvalue weighted by molar-refractivity contribution is 5.95. The van der Waals surface area contributed by atoms with Gasteiger partial charge in [0.05, 0.1) is 16.6 Å². The number of carbonyl (C=O) groups excluding carboxylic acids is 1. The number of nitrogens with zero attached hydrogens (tertiary/aromatic N) is 2. The predicted octanol–water partition coefficient (Wildman–Crippen LogP) is 2.55. The Labute approximate surface area is 144 Å². The number of hydrogen-bond acceptors (Lipinski definition) is 4. The van der Waals surface area contributed by atoms with Crippen LogP contribution in [-0.4, -0.2) is 35.4 Å². The van der Waals surface area contributed by atoms with Gasteiger partial charge in [0.1, 0.15) is 5.82 Å². The number of hydrogen-bond donors (Lipinski definition) is 1. The third-order valence-corrected chi connectivity index (χ3v) is 4.65. The first-order chi connectivity index (χ1) is 12.0. The smallest absolute Gasteiger partial charge is 0.272 e. The number of rotatable bonds is 4. The Morgan fingerprint density at radius 2 is 1.96 bits per heavy atom. The molecule has 7 heteroatoms. The Morgan fingerprint density at radius 1 is 1.24 bits per heavy atom. The van der Waals surface area contributed by atoms with E-state index in [9.17, 15) is 19.3 Å². The predicted molar refractivity (Wildman–Crippen MR) is 90.7 cm³/mol. The SMILES string of the molecule is NC[C@@H]1CN(C(=O)c2ccc([N+](=O)[O-])cc2F)C[C@H]1c1ccccc1. The Balaban J connectivity index is 1.83. The standard InChI is InChI=1S/C18H18FN3O3/c19-17-8-14(22(24)25)6-7-15(17)18(23)21-10-13(9-20)16(11-21)12-4-2-1-3-5-12/h1-8,13,16H,9-11,20H2/t13-,16+/m1/s1. The van der Waals surface area contributed by atoms with Gasteiger partial charge in [-0.2, -0.15) is 0 Å². The first-order valence-electron chi connectivity index (χ1n) is 7.99. The molecule has 0 saturated carbocycles. The van der Waals surface area contributed by atoms with E-state index in [1.165, 1.54) is 6.07 Å². The molecule has 0 aliphatic carbocycles. The maximum absolute atomic E-state index is 14.1. The minimum Gasteiger partial charge on any atom is -0.338 e. The van der Waals surface area contributed by atoms with Crippen LogP contribution >= 0.6 is 0 Å². The van der Waals surface area contributed by atoms with Crippen molar-refractivity contribution in [2.75, 3.05) is 19.6 Å². The largest absolute Gasteiger partial charge is 0.338 e. The van der Waals surface area contributed by atoms with E-state index in [4.69, 9.17) is 5.73 Å². The maximum atomic E-state index is 14.1. The number of halogens is 1. The fourth-order valence-corrected chi connectivity index (χ4v) is 3.32. The summed E-state index contributed by atoms with van der Waals surface area (Å²) in [5.74, 6) is -1.17. The molecule has 0 unspecified atom stereocenters. The molecule has 3 rings (SSSR count). The zero-order valence-electron chi connectivity index (χ0n) is 13.5. The second kappa shape index (κ2) is 6.98. The van der Waals surface area contributed by atoms with Gasteiger partial charge >= 0.3 is 0 Å². The van der Waals surface area contributed by atoms with Crippen molar-refractivity contribution in [3.63, 3.8) is 0 Å². The minimum atomic E-state index is -0.883. The highest BCUT2D eigenvalue weighted by Gasteiger charge is 2.36. The number of nitrogens with two attached hydrogens (primary N) is 1. The fraction of sp³-hybridized carbons (Fsp3) is 0.278. The molecular formula is C18H18FN3O3. The normalized spacial score (nSPS) is 19.8. The van der Waals surface area contributed by atoms with Crippen LogP contribution in [0.5, 0.6) is 0 Å². The van der Waals surface area contributed by atoms with Crippen LogP contribution in [0.2, 0.25) is 0 Å². The van der Waals surface area contributed by atoms with Crippen molar-refractivity contribution in [1.29, 1.82) is 0 Å². The van der Waals surface area contributed by atoms with Crippen molar-refractivity contribution in [2.45, 2.75) is 5.92 Å². The summed E-state index contributed by atoms with van der Waals surface area (Å²) < 4.78 is 14.1. The van der Waals surface area contributed by atoms with Gasteiger partial charge in [-0.1, -0.05) is 30.3 Å². The van der Waals surface area contributed by atoms with E-state index in [-0.39, 0.29) is 23.1 Å². The van der Waals surface area contributed by atoms with Crippen LogP contribution in [0.25, 0.3) is 0 Å². The average Bonchev–Trinajstić information content (AvgIpc) is 3.06. The Kier molecular flexibility index (Phi) is 4.76. The lowest BCUT2D eigenvalue weighted by atomic mass is 9.89. The molecule has 130 valence electrons. The van der Waals surface area contributed by atoms with Gasteiger partial charge in [-0.3, -0.25) is 14.9 Å². The molecule has 1 saturated heterocycles.